The van der Waals surface area contributed by atoms with Gasteiger partial charge in [0.2, 0.25) is 9.84 Å². The summed E-state index contributed by atoms with van der Waals surface area (Å²) in [4.78, 5) is 13.3. The van der Waals surface area contributed by atoms with Crippen molar-refractivity contribution >= 4 is 38.3 Å². The summed E-state index contributed by atoms with van der Waals surface area (Å²) in [6.45, 7) is 0. The molecule has 0 atom stereocenters. The van der Waals surface area contributed by atoms with E-state index in [0.29, 0.717) is 11.6 Å². The number of ether oxygens (including phenoxy) is 1. The summed E-state index contributed by atoms with van der Waals surface area (Å²) in [6, 6.07) is 9.81. The molecule has 1 aromatic heterocycles. The Hall–Kier alpha value is -3.57. The van der Waals surface area contributed by atoms with E-state index in [1.807, 2.05) is 0 Å². The third-order valence-electron chi connectivity index (χ3n) is 5.01. The number of aromatic nitrogens is 1. The first-order chi connectivity index (χ1) is 16.4. The van der Waals surface area contributed by atoms with Gasteiger partial charge in [0.1, 0.15) is 11.6 Å². The largest absolute Gasteiger partial charge is 0.481 e. The third kappa shape index (κ3) is 4.96. The summed E-state index contributed by atoms with van der Waals surface area (Å²) in [5.41, 5.74) is -1.09. The lowest BCUT2D eigenvalue weighted by atomic mass is 10.1. The molecule has 0 aliphatic heterocycles. The Balaban J connectivity index is 1.79. The predicted octanol–water partition coefficient (Wildman–Crippen LogP) is 6.23. The molecule has 0 radical (unpaired) electrons. The number of fused-ring (bicyclic) bond motifs is 1. The average molecular weight is 528 g/mol. The van der Waals surface area contributed by atoms with Crippen molar-refractivity contribution in [2.45, 2.75) is 22.4 Å². The Kier molecular flexibility index (Phi) is 6.24. The summed E-state index contributed by atoms with van der Waals surface area (Å²) in [5.74, 6) is -2.86. The van der Waals surface area contributed by atoms with Gasteiger partial charge in [0.25, 0.3) is 0 Å². The molecule has 0 bridgehead atoms. The van der Waals surface area contributed by atoms with E-state index >= 15 is 0 Å². The zero-order valence-electron chi connectivity index (χ0n) is 17.4. The van der Waals surface area contributed by atoms with Gasteiger partial charge in [-0.05, 0) is 60.2 Å². The molecule has 4 aromatic rings. The molecular weight excluding hydrogens is 514 g/mol. The fraction of sp³-hybridized carbons (Fsp3) is 0.0870. The van der Waals surface area contributed by atoms with Gasteiger partial charge in [-0.3, -0.25) is 4.79 Å². The molecule has 0 amide bonds. The molecule has 0 aliphatic rings. The second-order valence-electron chi connectivity index (χ2n) is 7.44. The molecule has 4 rings (SSSR count). The number of rotatable bonds is 6. The minimum atomic E-state index is -4.91. The van der Waals surface area contributed by atoms with Gasteiger partial charge >= 0.3 is 12.1 Å². The van der Waals surface area contributed by atoms with E-state index in [1.54, 1.807) is 0 Å². The van der Waals surface area contributed by atoms with Crippen molar-refractivity contribution in [3.8, 4) is 11.5 Å². The van der Waals surface area contributed by atoms with Crippen LogP contribution in [-0.4, -0.2) is 24.5 Å². The van der Waals surface area contributed by atoms with Crippen molar-refractivity contribution in [3.05, 3.63) is 82.8 Å². The number of carbonyl (C=O) groups is 1. The zero-order valence-corrected chi connectivity index (χ0v) is 18.9. The molecule has 6 nitrogen and oxygen atoms in total. The van der Waals surface area contributed by atoms with E-state index in [0.717, 1.165) is 30.3 Å². The first kappa shape index (κ1) is 24.6. The Morgan fingerprint density at radius 1 is 1.06 bits per heavy atom. The van der Waals surface area contributed by atoms with Crippen LogP contribution in [0.4, 0.5) is 17.6 Å². The van der Waals surface area contributed by atoms with Crippen molar-refractivity contribution in [3.63, 3.8) is 0 Å². The van der Waals surface area contributed by atoms with Gasteiger partial charge < -0.3 is 14.8 Å². The number of aliphatic carboxylic acids is 1. The minimum absolute atomic E-state index is 0.124. The molecule has 182 valence electrons. The number of H-pyrrole nitrogens is 1. The smallest absolute Gasteiger partial charge is 0.420 e. The van der Waals surface area contributed by atoms with Gasteiger partial charge in [-0.2, -0.15) is 13.2 Å². The monoisotopic (exact) mass is 527 g/mol. The topological polar surface area (TPSA) is 96.5 Å². The van der Waals surface area contributed by atoms with E-state index in [-0.39, 0.29) is 26.5 Å². The Morgan fingerprint density at radius 3 is 2.37 bits per heavy atom. The first-order valence-electron chi connectivity index (χ1n) is 9.77. The maximum Gasteiger partial charge on any atom is 0.420 e. The minimum Gasteiger partial charge on any atom is -0.481 e. The highest BCUT2D eigenvalue weighted by Crippen LogP contribution is 2.44. The molecule has 0 aliphatic carbocycles. The number of nitrogens with one attached hydrogen (secondary N) is 1. The number of hydrogen-bond donors (Lipinski definition) is 2. The SMILES string of the molecule is O=C(O)Cc1cc(Cl)c(Oc2ccc3[nH]cc(S(=O)(=O)c4ccc(F)cc4)c3c2)c(C(F)(F)F)c1. The van der Waals surface area contributed by atoms with Crippen LogP contribution < -0.4 is 4.74 Å². The molecule has 12 heteroatoms. The van der Waals surface area contributed by atoms with Gasteiger partial charge in [0.05, 0.1) is 26.8 Å². The highest BCUT2D eigenvalue weighted by Gasteiger charge is 2.36. The summed E-state index contributed by atoms with van der Waals surface area (Å²) in [7, 11) is -4.10. The van der Waals surface area contributed by atoms with Crippen LogP contribution in [-0.2, 0) is 27.2 Å². The number of carboxylic acid groups (broad SMARTS) is 1. The fourth-order valence-electron chi connectivity index (χ4n) is 3.46. The average Bonchev–Trinajstić information content (AvgIpc) is 3.18. The van der Waals surface area contributed by atoms with Gasteiger partial charge in [-0.25, -0.2) is 12.8 Å². The molecule has 2 N–H and O–H groups in total. The highest BCUT2D eigenvalue weighted by atomic mass is 35.5. The van der Waals surface area contributed by atoms with E-state index in [1.165, 1.54) is 24.4 Å². The van der Waals surface area contributed by atoms with Crippen LogP contribution in [0.15, 0.2) is 70.6 Å². The number of benzene rings is 3. The second-order valence-corrected chi connectivity index (χ2v) is 9.77. The highest BCUT2D eigenvalue weighted by molar-refractivity contribution is 7.91. The standard InChI is InChI=1S/C23H14ClF4NO5S/c24-18-8-12(9-21(30)31)7-17(23(26,27)28)22(18)34-14-3-6-19-16(10-14)20(11-29-19)35(32,33)15-4-1-13(25)2-5-15/h1-8,10-11,29H,9H2,(H,30,31). The van der Waals surface area contributed by atoms with Gasteiger partial charge in [0.15, 0.2) is 5.75 Å². The molecule has 3 aromatic carbocycles. The predicted molar refractivity (Wildman–Crippen MR) is 118 cm³/mol. The molecule has 1 heterocycles. The van der Waals surface area contributed by atoms with Crippen LogP contribution in [0.1, 0.15) is 11.1 Å². The Morgan fingerprint density at radius 2 is 1.74 bits per heavy atom. The maximum atomic E-state index is 13.7. The molecular formula is C23H14ClF4NO5S. The molecule has 0 unspecified atom stereocenters. The summed E-state index contributed by atoms with van der Waals surface area (Å²) in [6.07, 6.45) is -4.38. The lowest BCUT2D eigenvalue weighted by molar-refractivity contribution is -0.139. The number of sulfone groups is 1. The van der Waals surface area contributed by atoms with Crippen molar-refractivity contribution in [1.82, 2.24) is 4.98 Å². The number of aromatic amines is 1. The van der Waals surface area contributed by atoms with Crippen LogP contribution in [0.2, 0.25) is 5.02 Å². The molecule has 0 saturated heterocycles. The van der Waals surface area contributed by atoms with Gasteiger partial charge in [-0.1, -0.05) is 11.6 Å². The lowest BCUT2D eigenvalue weighted by Crippen LogP contribution is -2.10. The lowest BCUT2D eigenvalue weighted by Gasteiger charge is -2.17. The molecule has 35 heavy (non-hydrogen) atoms. The van der Waals surface area contributed by atoms with Gasteiger partial charge in [0, 0.05) is 17.1 Å². The molecule has 0 fully saturated rings. The van der Waals surface area contributed by atoms with E-state index in [4.69, 9.17) is 21.4 Å². The summed E-state index contributed by atoms with van der Waals surface area (Å²) >= 11 is 6.02. The maximum absolute atomic E-state index is 13.7. The Labute approximate surface area is 200 Å². The first-order valence-corrected chi connectivity index (χ1v) is 11.6. The van der Waals surface area contributed by atoms with Gasteiger partial charge in [-0.15, -0.1) is 0 Å². The molecule has 0 spiro atoms. The fourth-order valence-corrected chi connectivity index (χ4v) is 5.16. The van der Waals surface area contributed by atoms with Crippen LogP contribution in [0, 0.1) is 5.82 Å². The number of alkyl halides is 3. The zero-order chi connectivity index (χ0) is 25.5. The van der Waals surface area contributed by atoms with Crippen molar-refractivity contribution < 1.29 is 40.6 Å². The van der Waals surface area contributed by atoms with Crippen molar-refractivity contribution in [2.75, 3.05) is 0 Å². The normalized spacial score (nSPS) is 12.1. The molecule has 0 saturated carbocycles. The van der Waals surface area contributed by atoms with E-state index < -0.39 is 50.6 Å². The quantitative estimate of drug-likeness (QED) is 0.229. The number of halogens is 5. The third-order valence-corrected chi connectivity index (χ3v) is 7.10. The van der Waals surface area contributed by atoms with E-state index in [9.17, 15) is 30.8 Å². The van der Waals surface area contributed by atoms with Crippen molar-refractivity contribution in [1.29, 1.82) is 0 Å². The van der Waals surface area contributed by atoms with Crippen LogP contribution in [0.5, 0.6) is 11.5 Å². The number of hydrogen-bond acceptors (Lipinski definition) is 4. The van der Waals surface area contributed by atoms with Crippen LogP contribution in [0.25, 0.3) is 10.9 Å². The Bertz CT molecular complexity index is 1550. The number of carboxylic acids is 1. The summed E-state index contributed by atoms with van der Waals surface area (Å²) in [5, 5.41) is 8.55. The van der Waals surface area contributed by atoms with E-state index in [2.05, 4.69) is 4.98 Å². The van der Waals surface area contributed by atoms with Crippen LogP contribution >= 0.6 is 11.6 Å². The van der Waals surface area contributed by atoms with Crippen LogP contribution in [0.3, 0.4) is 0 Å². The van der Waals surface area contributed by atoms with Crippen molar-refractivity contribution in [2.24, 2.45) is 0 Å². The second kappa shape index (κ2) is 8.90. The summed E-state index contributed by atoms with van der Waals surface area (Å²) < 4.78 is 85.8.